The molecule has 3 nitrogen and oxygen atoms in total. The molecule has 0 heterocycles. The van der Waals surface area contributed by atoms with Gasteiger partial charge in [0.25, 0.3) is 0 Å². The van der Waals surface area contributed by atoms with Crippen molar-refractivity contribution >= 4 is 11.6 Å². The van der Waals surface area contributed by atoms with Gasteiger partial charge in [-0.25, -0.2) is 4.39 Å². The van der Waals surface area contributed by atoms with Crippen molar-refractivity contribution in [2.24, 2.45) is 0 Å². The summed E-state index contributed by atoms with van der Waals surface area (Å²) in [5, 5.41) is 2.78. The molecular formula is C19H20FNO2. The summed E-state index contributed by atoms with van der Waals surface area (Å²) in [5.41, 5.74) is 1.08. The number of benzene rings is 2. The lowest BCUT2D eigenvalue weighted by Crippen LogP contribution is -2.15. The van der Waals surface area contributed by atoms with Crippen molar-refractivity contribution in [2.75, 3.05) is 5.32 Å². The largest absolute Gasteiger partial charge is 0.490 e. The molecule has 1 fully saturated rings. The van der Waals surface area contributed by atoms with Crippen LogP contribution < -0.4 is 10.1 Å². The number of hydrogen-bond acceptors (Lipinski definition) is 2. The predicted octanol–water partition coefficient (Wildman–Crippen LogP) is 4.33. The molecule has 3 rings (SSSR count). The summed E-state index contributed by atoms with van der Waals surface area (Å²) in [6, 6.07) is 13.6. The lowest BCUT2D eigenvalue weighted by atomic mass is 10.1. The van der Waals surface area contributed by atoms with Crippen LogP contribution >= 0.6 is 0 Å². The lowest BCUT2D eigenvalue weighted by Gasteiger charge is -2.13. The Morgan fingerprint density at radius 3 is 2.48 bits per heavy atom. The lowest BCUT2D eigenvalue weighted by molar-refractivity contribution is -0.115. The first-order chi connectivity index (χ1) is 11.2. The van der Waals surface area contributed by atoms with E-state index in [1.807, 2.05) is 24.3 Å². The third kappa shape index (κ3) is 4.31. The fraction of sp³-hybridized carbons (Fsp3) is 0.316. The highest BCUT2D eigenvalue weighted by atomic mass is 19.1. The first-order valence-electron chi connectivity index (χ1n) is 8.01. The van der Waals surface area contributed by atoms with Crippen molar-refractivity contribution < 1.29 is 13.9 Å². The van der Waals surface area contributed by atoms with Gasteiger partial charge in [0.05, 0.1) is 12.5 Å². The van der Waals surface area contributed by atoms with Crippen LogP contribution in [0.2, 0.25) is 0 Å². The Bertz CT molecular complexity index is 663. The second kappa shape index (κ2) is 7.27. The first-order valence-corrected chi connectivity index (χ1v) is 8.01. The number of rotatable bonds is 5. The normalized spacial score (nSPS) is 14.7. The molecule has 120 valence electrons. The van der Waals surface area contributed by atoms with Crippen molar-refractivity contribution in [1.82, 2.24) is 0 Å². The van der Waals surface area contributed by atoms with Crippen molar-refractivity contribution in [3.05, 3.63) is 59.9 Å². The van der Waals surface area contributed by atoms with Crippen LogP contribution in [-0.2, 0) is 11.2 Å². The van der Waals surface area contributed by atoms with Crippen LogP contribution in [0, 0.1) is 5.82 Å². The van der Waals surface area contributed by atoms with Crippen molar-refractivity contribution in [3.8, 4) is 5.75 Å². The van der Waals surface area contributed by atoms with Gasteiger partial charge < -0.3 is 10.1 Å². The van der Waals surface area contributed by atoms with Gasteiger partial charge in [0.1, 0.15) is 11.6 Å². The summed E-state index contributed by atoms with van der Waals surface area (Å²) in [4.78, 5) is 12.0. The van der Waals surface area contributed by atoms with E-state index in [9.17, 15) is 9.18 Å². The summed E-state index contributed by atoms with van der Waals surface area (Å²) in [7, 11) is 0. The Balaban J connectivity index is 1.55. The number of anilines is 1. The molecule has 0 unspecified atom stereocenters. The van der Waals surface area contributed by atoms with E-state index in [-0.39, 0.29) is 18.1 Å². The highest BCUT2D eigenvalue weighted by molar-refractivity contribution is 5.92. The topological polar surface area (TPSA) is 38.3 Å². The average Bonchev–Trinajstić information content (AvgIpc) is 3.04. The van der Waals surface area contributed by atoms with Gasteiger partial charge in [-0.3, -0.25) is 4.79 Å². The van der Waals surface area contributed by atoms with Gasteiger partial charge in [-0.1, -0.05) is 18.2 Å². The highest BCUT2D eigenvalue weighted by Crippen LogP contribution is 2.25. The van der Waals surface area contributed by atoms with Crippen LogP contribution in [-0.4, -0.2) is 12.0 Å². The minimum atomic E-state index is -0.358. The van der Waals surface area contributed by atoms with Crippen molar-refractivity contribution in [3.63, 3.8) is 0 Å². The summed E-state index contributed by atoms with van der Waals surface area (Å²) in [5.74, 6) is 0.228. The van der Waals surface area contributed by atoms with Gasteiger partial charge in [0, 0.05) is 5.69 Å². The maximum absolute atomic E-state index is 13.5. The van der Waals surface area contributed by atoms with Crippen LogP contribution in [0.25, 0.3) is 0 Å². The van der Waals surface area contributed by atoms with E-state index in [0.717, 1.165) is 18.6 Å². The standard InChI is InChI=1S/C19H20FNO2/c20-18-8-4-1-5-14(18)13-19(22)21-15-9-11-17(12-10-15)23-16-6-2-3-7-16/h1,4-5,8-12,16H,2-3,6-7,13H2,(H,21,22). The molecule has 1 N–H and O–H groups in total. The predicted molar refractivity (Wildman–Crippen MR) is 88.1 cm³/mol. The Labute approximate surface area is 135 Å². The van der Waals surface area contributed by atoms with Gasteiger partial charge in [0.2, 0.25) is 5.91 Å². The van der Waals surface area contributed by atoms with Crippen molar-refractivity contribution in [1.29, 1.82) is 0 Å². The van der Waals surface area contributed by atoms with Crippen LogP contribution in [0.5, 0.6) is 5.75 Å². The maximum Gasteiger partial charge on any atom is 0.228 e. The maximum atomic E-state index is 13.5. The third-order valence-electron chi connectivity index (χ3n) is 4.05. The van der Waals surface area contributed by atoms with Crippen LogP contribution in [0.3, 0.4) is 0 Å². The van der Waals surface area contributed by atoms with E-state index >= 15 is 0 Å². The van der Waals surface area contributed by atoms with Crippen LogP contribution in [0.1, 0.15) is 31.2 Å². The minimum absolute atomic E-state index is 0.0208. The minimum Gasteiger partial charge on any atom is -0.490 e. The number of carbonyl (C=O) groups is 1. The van der Waals surface area contributed by atoms with Gasteiger partial charge in [-0.05, 0) is 61.6 Å². The molecule has 0 radical (unpaired) electrons. The van der Waals surface area contributed by atoms with Gasteiger partial charge in [-0.15, -0.1) is 0 Å². The Kier molecular flexibility index (Phi) is 4.91. The number of hydrogen-bond donors (Lipinski definition) is 1. The van der Waals surface area contributed by atoms with Gasteiger partial charge in [0.15, 0.2) is 0 Å². The van der Waals surface area contributed by atoms with Gasteiger partial charge >= 0.3 is 0 Å². The number of carbonyl (C=O) groups excluding carboxylic acids is 1. The quantitative estimate of drug-likeness (QED) is 0.892. The van der Waals surface area contributed by atoms with E-state index < -0.39 is 0 Å². The number of amides is 1. The molecule has 0 spiro atoms. The number of ether oxygens (including phenoxy) is 1. The molecule has 23 heavy (non-hydrogen) atoms. The number of nitrogens with one attached hydrogen (secondary N) is 1. The molecule has 1 amide bonds. The molecular weight excluding hydrogens is 293 g/mol. The molecule has 0 aromatic heterocycles. The molecule has 0 bridgehead atoms. The van der Waals surface area contributed by atoms with E-state index in [4.69, 9.17) is 4.74 Å². The molecule has 4 heteroatoms. The third-order valence-corrected chi connectivity index (χ3v) is 4.05. The molecule has 2 aromatic carbocycles. The first kappa shape index (κ1) is 15.5. The zero-order valence-electron chi connectivity index (χ0n) is 12.9. The SMILES string of the molecule is O=C(Cc1ccccc1F)Nc1ccc(OC2CCCC2)cc1. The van der Waals surface area contributed by atoms with Crippen molar-refractivity contribution in [2.45, 2.75) is 38.2 Å². The Morgan fingerprint density at radius 2 is 1.78 bits per heavy atom. The zero-order chi connectivity index (χ0) is 16.1. The van der Waals surface area contributed by atoms with Gasteiger partial charge in [-0.2, -0.15) is 0 Å². The molecule has 0 atom stereocenters. The monoisotopic (exact) mass is 313 g/mol. The fourth-order valence-electron chi connectivity index (χ4n) is 2.84. The smallest absolute Gasteiger partial charge is 0.228 e. The van der Waals surface area contributed by atoms with Crippen LogP contribution in [0.4, 0.5) is 10.1 Å². The molecule has 1 aliphatic carbocycles. The fourth-order valence-corrected chi connectivity index (χ4v) is 2.84. The second-order valence-corrected chi connectivity index (χ2v) is 5.87. The summed E-state index contributed by atoms with van der Waals surface area (Å²) < 4.78 is 19.4. The summed E-state index contributed by atoms with van der Waals surface area (Å²) >= 11 is 0. The van der Waals surface area contributed by atoms with E-state index in [0.29, 0.717) is 17.4 Å². The molecule has 1 saturated carbocycles. The van der Waals surface area contributed by atoms with Crippen LogP contribution in [0.15, 0.2) is 48.5 Å². The highest BCUT2D eigenvalue weighted by Gasteiger charge is 2.16. The Morgan fingerprint density at radius 1 is 1.09 bits per heavy atom. The molecule has 0 saturated heterocycles. The number of halogens is 1. The average molecular weight is 313 g/mol. The Hall–Kier alpha value is -2.36. The second-order valence-electron chi connectivity index (χ2n) is 5.87. The summed E-state index contributed by atoms with van der Waals surface area (Å²) in [6.45, 7) is 0. The van der Waals surface area contributed by atoms with E-state index in [1.54, 1.807) is 18.2 Å². The molecule has 0 aliphatic heterocycles. The van der Waals surface area contributed by atoms with E-state index in [2.05, 4.69) is 5.32 Å². The zero-order valence-corrected chi connectivity index (χ0v) is 12.9. The van der Waals surface area contributed by atoms with E-state index in [1.165, 1.54) is 18.9 Å². The molecule has 2 aromatic rings. The molecule has 1 aliphatic rings. The summed E-state index contributed by atoms with van der Waals surface area (Å²) in [6.07, 6.45) is 5.02.